The van der Waals surface area contributed by atoms with Gasteiger partial charge < -0.3 is 4.74 Å². The summed E-state index contributed by atoms with van der Waals surface area (Å²) in [4.78, 5) is 23.5. The number of hydrogen-bond acceptors (Lipinski definition) is 4. The first-order chi connectivity index (χ1) is 9.51. The van der Waals surface area contributed by atoms with Crippen molar-refractivity contribution in [2.24, 2.45) is 11.0 Å². The van der Waals surface area contributed by atoms with E-state index in [1.165, 1.54) is 12.1 Å². The Morgan fingerprint density at radius 2 is 2.05 bits per heavy atom. The highest BCUT2D eigenvalue weighted by Gasteiger charge is 2.35. The zero-order chi connectivity index (χ0) is 14.7. The Labute approximate surface area is 122 Å². The monoisotopic (exact) mass is 294 g/mol. The van der Waals surface area contributed by atoms with Gasteiger partial charge in [-0.05, 0) is 24.6 Å². The summed E-state index contributed by atoms with van der Waals surface area (Å²) in [5.74, 6) is -1.11. The minimum absolute atomic E-state index is 0.0295. The fourth-order valence-electron chi connectivity index (χ4n) is 2.03. The average Bonchev–Trinajstić information content (AvgIpc) is 2.69. The van der Waals surface area contributed by atoms with E-state index in [2.05, 4.69) is 9.84 Å². The predicted octanol–water partition coefficient (Wildman–Crippen LogP) is 2.24. The molecule has 1 aliphatic rings. The van der Waals surface area contributed by atoms with Crippen molar-refractivity contribution in [2.75, 3.05) is 7.11 Å². The van der Waals surface area contributed by atoms with E-state index in [9.17, 15) is 9.59 Å². The summed E-state index contributed by atoms with van der Waals surface area (Å²) in [6.07, 6.45) is 0.0295. The number of ether oxygens (including phenoxy) is 1. The Balaban J connectivity index is 2.06. The first kappa shape index (κ1) is 14.5. The molecule has 0 aromatic heterocycles. The fraction of sp³-hybridized carbons (Fsp3) is 0.357. The van der Waals surface area contributed by atoms with Crippen LogP contribution >= 0.6 is 11.6 Å². The minimum atomic E-state index is -0.519. The van der Waals surface area contributed by atoms with Crippen molar-refractivity contribution in [3.63, 3.8) is 0 Å². The van der Waals surface area contributed by atoms with Gasteiger partial charge in [0.1, 0.15) is 0 Å². The summed E-state index contributed by atoms with van der Waals surface area (Å²) in [7, 11) is 1.31. The summed E-state index contributed by atoms with van der Waals surface area (Å²) in [6.45, 7) is 2.11. The molecule has 6 heteroatoms. The predicted molar refractivity (Wildman–Crippen MR) is 75.2 cm³/mol. The summed E-state index contributed by atoms with van der Waals surface area (Å²) in [5.41, 5.74) is 1.56. The Kier molecular flexibility index (Phi) is 4.39. The number of hydrogen-bond donors (Lipinski definition) is 0. The zero-order valence-electron chi connectivity index (χ0n) is 11.3. The highest BCUT2D eigenvalue weighted by molar-refractivity contribution is 6.30. The molecular formula is C14H15ClN2O3. The molecule has 1 unspecified atom stereocenters. The average molecular weight is 295 g/mol. The van der Waals surface area contributed by atoms with Gasteiger partial charge in [-0.2, -0.15) is 5.10 Å². The molecule has 1 heterocycles. The van der Waals surface area contributed by atoms with Crippen molar-refractivity contribution in [3.8, 4) is 0 Å². The van der Waals surface area contributed by atoms with Crippen LogP contribution in [0.5, 0.6) is 0 Å². The van der Waals surface area contributed by atoms with Gasteiger partial charge in [-0.3, -0.25) is 9.59 Å². The fourth-order valence-corrected chi connectivity index (χ4v) is 2.15. The van der Waals surface area contributed by atoms with Crippen molar-refractivity contribution in [1.29, 1.82) is 0 Å². The van der Waals surface area contributed by atoms with Gasteiger partial charge in [-0.1, -0.05) is 23.7 Å². The van der Waals surface area contributed by atoms with Gasteiger partial charge in [0.25, 0.3) is 5.91 Å². The number of amides is 1. The number of rotatable bonds is 4. The van der Waals surface area contributed by atoms with E-state index in [1.54, 1.807) is 19.1 Å². The van der Waals surface area contributed by atoms with E-state index in [1.807, 2.05) is 12.1 Å². The number of esters is 1. The normalized spacial score (nSPS) is 18.1. The molecule has 0 bridgehead atoms. The second-order valence-electron chi connectivity index (χ2n) is 4.60. The third kappa shape index (κ3) is 3.17. The Bertz CT molecular complexity index is 554. The molecule has 106 valence electrons. The van der Waals surface area contributed by atoms with Crippen LogP contribution in [-0.4, -0.2) is 29.7 Å². The first-order valence-electron chi connectivity index (χ1n) is 6.19. The number of methoxy groups -OCH3 is 1. The van der Waals surface area contributed by atoms with E-state index in [0.717, 1.165) is 5.56 Å². The number of nitrogens with zero attached hydrogens (tertiary/aromatic N) is 2. The third-order valence-corrected chi connectivity index (χ3v) is 3.43. The Morgan fingerprint density at radius 1 is 1.40 bits per heavy atom. The van der Waals surface area contributed by atoms with Crippen molar-refractivity contribution in [3.05, 3.63) is 34.9 Å². The molecule has 0 saturated carbocycles. The lowest BCUT2D eigenvalue weighted by molar-refractivity contribution is -0.144. The van der Waals surface area contributed by atoms with Gasteiger partial charge in [0.2, 0.25) is 0 Å². The lowest BCUT2D eigenvalue weighted by Crippen LogP contribution is -2.28. The number of halogens is 1. The highest BCUT2D eigenvalue weighted by atomic mass is 35.5. The van der Waals surface area contributed by atoms with Crippen LogP contribution in [0.25, 0.3) is 0 Å². The molecule has 5 nitrogen and oxygen atoms in total. The van der Waals surface area contributed by atoms with E-state index in [-0.39, 0.29) is 12.3 Å². The molecular weight excluding hydrogens is 280 g/mol. The van der Waals surface area contributed by atoms with Crippen LogP contribution in [0.15, 0.2) is 29.4 Å². The van der Waals surface area contributed by atoms with Gasteiger partial charge in [0, 0.05) is 10.7 Å². The van der Waals surface area contributed by atoms with Crippen LogP contribution in [0, 0.1) is 5.92 Å². The maximum absolute atomic E-state index is 12.2. The molecule has 0 fully saturated rings. The molecule has 20 heavy (non-hydrogen) atoms. The molecule has 0 radical (unpaired) electrons. The zero-order valence-corrected chi connectivity index (χ0v) is 12.1. The number of benzene rings is 1. The van der Waals surface area contributed by atoms with Crippen molar-refractivity contribution in [1.82, 2.24) is 5.01 Å². The van der Waals surface area contributed by atoms with Crippen molar-refractivity contribution < 1.29 is 14.3 Å². The summed E-state index contributed by atoms with van der Waals surface area (Å²) < 4.78 is 4.60. The standard InChI is InChI=1S/C14H15ClN2O3/c1-9-12(7-13(18)20-2)14(19)17(16-9)8-10-3-5-11(15)6-4-10/h3-6,12H,7-8H2,1-2H3. The first-order valence-corrected chi connectivity index (χ1v) is 6.57. The molecule has 1 atom stereocenters. The molecule has 0 saturated heterocycles. The van der Waals surface area contributed by atoms with Gasteiger partial charge in [-0.25, -0.2) is 5.01 Å². The number of carbonyl (C=O) groups excluding carboxylic acids is 2. The largest absolute Gasteiger partial charge is 0.469 e. The number of hydrazone groups is 1. The summed E-state index contributed by atoms with van der Waals surface area (Å²) in [5, 5.41) is 6.24. The molecule has 0 N–H and O–H groups in total. The summed E-state index contributed by atoms with van der Waals surface area (Å²) in [6, 6.07) is 7.21. The SMILES string of the molecule is COC(=O)CC1C(=O)N(Cc2ccc(Cl)cc2)N=C1C. The highest BCUT2D eigenvalue weighted by Crippen LogP contribution is 2.22. The van der Waals surface area contributed by atoms with Gasteiger partial charge in [0.05, 0.1) is 26.0 Å². The molecule has 1 aliphatic heterocycles. The van der Waals surface area contributed by atoms with Crippen molar-refractivity contribution in [2.45, 2.75) is 19.9 Å². The summed E-state index contributed by atoms with van der Waals surface area (Å²) >= 11 is 5.82. The Hall–Kier alpha value is -1.88. The maximum Gasteiger partial charge on any atom is 0.306 e. The van der Waals surface area contributed by atoms with Crippen LogP contribution < -0.4 is 0 Å². The third-order valence-electron chi connectivity index (χ3n) is 3.18. The smallest absolute Gasteiger partial charge is 0.306 e. The molecule has 2 rings (SSSR count). The Morgan fingerprint density at radius 3 is 2.65 bits per heavy atom. The minimum Gasteiger partial charge on any atom is -0.469 e. The van der Waals surface area contributed by atoms with E-state index in [0.29, 0.717) is 17.3 Å². The van der Waals surface area contributed by atoms with E-state index < -0.39 is 11.9 Å². The van der Waals surface area contributed by atoms with Gasteiger partial charge >= 0.3 is 5.97 Å². The van der Waals surface area contributed by atoms with Crippen molar-refractivity contribution >= 4 is 29.2 Å². The molecule has 1 amide bonds. The number of carbonyl (C=O) groups is 2. The lowest BCUT2D eigenvalue weighted by Gasteiger charge is -2.14. The quantitative estimate of drug-likeness (QED) is 0.800. The van der Waals surface area contributed by atoms with Crippen LogP contribution in [0.4, 0.5) is 0 Å². The van der Waals surface area contributed by atoms with E-state index in [4.69, 9.17) is 11.6 Å². The van der Waals surface area contributed by atoms with Crippen LogP contribution in [0.3, 0.4) is 0 Å². The molecule has 1 aromatic carbocycles. The second kappa shape index (κ2) is 6.05. The van der Waals surface area contributed by atoms with Crippen LogP contribution in [0.2, 0.25) is 5.02 Å². The maximum atomic E-state index is 12.2. The van der Waals surface area contributed by atoms with Crippen LogP contribution in [0.1, 0.15) is 18.9 Å². The van der Waals surface area contributed by atoms with Gasteiger partial charge in [0.15, 0.2) is 0 Å². The topological polar surface area (TPSA) is 59.0 Å². The molecule has 0 aliphatic carbocycles. The molecule has 1 aromatic rings. The lowest BCUT2D eigenvalue weighted by atomic mass is 10.0. The van der Waals surface area contributed by atoms with Crippen LogP contribution in [-0.2, 0) is 20.9 Å². The van der Waals surface area contributed by atoms with Gasteiger partial charge in [-0.15, -0.1) is 0 Å². The molecule has 0 spiro atoms. The second-order valence-corrected chi connectivity index (χ2v) is 5.03. The van der Waals surface area contributed by atoms with E-state index >= 15 is 0 Å².